The maximum atomic E-state index is 6.08. The van der Waals surface area contributed by atoms with Gasteiger partial charge >= 0.3 is 0 Å². The lowest BCUT2D eigenvalue weighted by atomic mass is 10.2. The van der Waals surface area contributed by atoms with Gasteiger partial charge in [-0.3, -0.25) is 0 Å². The minimum absolute atomic E-state index is 0.543. The fourth-order valence-electron chi connectivity index (χ4n) is 1.57. The van der Waals surface area contributed by atoms with E-state index in [1.54, 1.807) is 16.8 Å². The molecular weight excluding hydrogens is 224 g/mol. The van der Waals surface area contributed by atoms with Crippen LogP contribution in [-0.4, -0.2) is 9.78 Å². The lowest BCUT2D eigenvalue weighted by molar-refractivity contribution is 0.834. The van der Waals surface area contributed by atoms with Gasteiger partial charge in [-0.2, -0.15) is 5.10 Å². The number of anilines is 2. The Labute approximate surface area is 98.8 Å². The molecule has 1 aromatic carbocycles. The van der Waals surface area contributed by atoms with Gasteiger partial charge in [-0.05, 0) is 32.0 Å². The third kappa shape index (κ3) is 1.61. The molecule has 0 amide bonds. The predicted octanol–water partition coefficient (Wildman–Crippen LogP) is 2.31. The molecule has 0 saturated heterocycles. The molecule has 4 nitrogen and oxygen atoms in total. The molecule has 1 aromatic heterocycles. The molecule has 2 aromatic rings. The lowest BCUT2D eigenvalue weighted by Crippen LogP contribution is -2.02. The van der Waals surface area contributed by atoms with Gasteiger partial charge in [0.25, 0.3) is 0 Å². The summed E-state index contributed by atoms with van der Waals surface area (Å²) in [4.78, 5) is 0. The molecule has 0 aliphatic heterocycles. The van der Waals surface area contributed by atoms with Crippen molar-refractivity contribution in [3.05, 3.63) is 34.6 Å². The number of nitrogens with two attached hydrogens (primary N) is 2. The molecule has 84 valence electrons. The maximum absolute atomic E-state index is 6.08. The van der Waals surface area contributed by atoms with Gasteiger partial charge in [0.05, 0.1) is 33.5 Å². The highest BCUT2D eigenvalue weighted by Gasteiger charge is 2.10. The van der Waals surface area contributed by atoms with Gasteiger partial charge in [-0.1, -0.05) is 11.6 Å². The molecule has 0 spiro atoms. The second kappa shape index (κ2) is 3.72. The van der Waals surface area contributed by atoms with Crippen molar-refractivity contribution in [2.45, 2.75) is 13.8 Å². The van der Waals surface area contributed by atoms with Crippen molar-refractivity contribution >= 4 is 23.0 Å². The van der Waals surface area contributed by atoms with Crippen molar-refractivity contribution in [3.63, 3.8) is 0 Å². The molecule has 0 radical (unpaired) electrons. The molecule has 0 bridgehead atoms. The minimum Gasteiger partial charge on any atom is -0.397 e. The van der Waals surface area contributed by atoms with Crippen molar-refractivity contribution in [3.8, 4) is 5.69 Å². The van der Waals surface area contributed by atoms with E-state index in [1.165, 1.54) is 0 Å². The Balaban J connectivity index is 2.59. The quantitative estimate of drug-likeness (QED) is 0.747. The number of hydrogen-bond acceptors (Lipinski definition) is 3. The summed E-state index contributed by atoms with van der Waals surface area (Å²) in [5.74, 6) is 0. The Kier molecular flexibility index (Phi) is 2.52. The van der Waals surface area contributed by atoms with E-state index in [0.717, 1.165) is 17.1 Å². The second-order valence-corrected chi connectivity index (χ2v) is 4.09. The van der Waals surface area contributed by atoms with Crippen LogP contribution >= 0.6 is 11.6 Å². The Hall–Kier alpha value is -1.68. The first kappa shape index (κ1) is 10.8. The maximum Gasteiger partial charge on any atom is 0.0848 e. The molecule has 0 aliphatic rings. The summed E-state index contributed by atoms with van der Waals surface area (Å²) in [6.07, 6.45) is 0. The largest absolute Gasteiger partial charge is 0.397 e. The van der Waals surface area contributed by atoms with Gasteiger partial charge in [0.2, 0.25) is 0 Å². The van der Waals surface area contributed by atoms with E-state index in [1.807, 2.05) is 19.9 Å². The molecule has 2 rings (SSSR count). The highest BCUT2D eigenvalue weighted by atomic mass is 35.5. The van der Waals surface area contributed by atoms with Gasteiger partial charge in [0.1, 0.15) is 0 Å². The van der Waals surface area contributed by atoms with E-state index in [-0.39, 0.29) is 0 Å². The van der Waals surface area contributed by atoms with E-state index >= 15 is 0 Å². The van der Waals surface area contributed by atoms with Crippen LogP contribution in [0.3, 0.4) is 0 Å². The second-order valence-electron chi connectivity index (χ2n) is 3.71. The smallest absolute Gasteiger partial charge is 0.0848 e. The zero-order valence-electron chi connectivity index (χ0n) is 9.16. The lowest BCUT2D eigenvalue weighted by Gasteiger charge is -2.06. The van der Waals surface area contributed by atoms with Crippen molar-refractivity contribution in [2.24, 2.45) is 0 Å². The summed E-state index contributed by atoms with van der Waals surface area (Å²) < 4.78 is 1.76. The number of aromatic nitrogens is 2. The Morgan fingerprint density at radius 2 is 1.88 bits per heavy atom. The molecule has 0 saturated carbocycles. The van der Waals surface area contributed by atoms with Gasteiger partial charge < -0.3 is 11.5 Å². The molecule has 5 heteroatoms. The number of aryl methyl sites for hydroxylation is 1. The first-order valence-electron chi connectivity index (χ1n) is 4.88. The molecule has 0 atom stereocenters. The van der Waals surface area contributed by atoms with Gasteiger partial charge in [0, 0.05) is 0 Å². The van der Waals surface area contributed by atoms with Crippen molar-refractivity contribution in [1.29, 1.82) is 0 Å². The SMILES string of the molecule is Cc1nn(-c2ccc(N)c(N)c2)c(C)c1Cl. The molecule has 1 heterocycles. The summed E-state index contributed by atoms with van der Waals surface area (Å²) >= 11 is 6.08. The number of benzene rings is 1. The van der Waals surface area contributed by atoms with Crippen LogP contribution in [0, 0.1) is 13.8 Å². The molecule has 0 unspecified atom stereocenters. The minimum atomic E-state index is 0.543. The van der Waals surface area contributed by atoms with Crippen LogP contribution in [0.15, 0.2) is 18.2 Å². The first-order chi connectivity index (χ1) is 7.50. The van der Waals surface area contributed by atoms with E-state index in [4.69, 9.17) is 23.1 Å². The zero-order valence-corrected chi connectivity index (χ0v) is 9.92. The average Bonchev–Trinajstić information content (AvgIpc) is 2.50. The van der Waals surface area contributed by atoms with Crippen LogP contribution < -0.4 is 11.5 Å². The topological polar surface area (TPSA) is 69.9 Å². The highest BCUT2D eigenvalue weighted by molar-refractivity contribution is 6.31. The third-order valence-corrected chi connectivity index (χ3v) is 3.06. The summed E-state index contributed by atoms with van der Waals surface area (Å²) in [6, 6.07) is 5.40. The number of hydrogen-bond donors (Lipinski definition) is 2. The highest BCUT2D eigenvalue weighted by Crippen LogP contribution is 2.24. The predicted molar refractivity (Wildman–Crippen MR) is 66.9 cm³/mol. The number of rotatable bonds is 1. The number of nitrogens with zero attached hydrogens (tertiary/aromatic N) is 2. The molecule has 16 heavy (non-hydrogen) atoms. The number of nitrogen functional groups attached to an aromatic ring is 2. The number of halogens is 1. The van der Waals surface area contributed by atoms with Crippen LogP contribution in [0.2, 0.25) is 5.02 Å². The van der Waals surface area contributed by atoms with Crippen LogP contribution in [0.1, 0.15) is 11.4 Å². The van der Waals surface area contributed by atoms with Gasteiger partial charge in [-0.25, -0.2) is 4.68 Å². The van der Waals surface area contributed by atoms with Crippen LogP contribution in [0.5, 0.6) is 0 Å². The molecule has 4 N–H and O–H groups in total. The fraction of sp³-hybridized carbons (Fsp3) is 0.182. The molecule has 0 fully saturated rings. The molecule has 0 aliphatic carbocycles. The summed E-state index contributed by atoms with van der Waals surface area (Å²) in [5, 5.41) is 5.02. The van der Waals surface area contributed by atoms with E-state index in [9.17, 15) is 0 Å². The van der Waals surface area contributed by atoms with Crippen LogP contribution in [0.4, 0.5) is 11.4 Å². The van der Waals surface area contributed by atoms with Gasteiger partial charge in [-0.15, -0.1) is 0 Å². The summed E-state index contributed by atoms with van der Waals surface area (Å²) in [7, 11) is 0. The van der Waals surface area contributed by atoms with E-state index < -0.39 is 0 Å². The van der Waals surface area contributed by atoms with Crippen molar-refractivity contribution in [2.75, 3.05) is 11.5 Å². The Morgan fingerprint density at radius 3 is 2.38 bits per heavy atom. The van der Waals surface area contributed by atoms with Crippen molar-refractivity contribution in [1.82, 2.24) is 9.78 Å². The molecular formula is C11H13ClN4. The average molecular weight is 237 g/mol. The normalized spacial score (nSPS) is 10.7. The Morgan fingerprint density at radius 1 is 1.19 bits per heavy atom. The standard InChI is InChI=1S/C11H13ClN4/c1-6-11(12)7(2)16(15-6)8-3-4-9(13)10(14)5-8/h3-5H,13-14H2,1-2H3. The summed E-state index contributed by atoms with van der Waals surface area (Å²) in [5.41, 5.74) is 15.1. The van der Waals surface area contributed by atoms with E-state index in [2.05, 4.69) is 5.10 Å². The van der Waals surface area contributed by atoms with E-state index in [0.29, 0.717) is 16.4 Å². The zero-order chi connectivity index (χ0) is 11.9. The third-order valence-electron chi connectivity index (χ3n) is 2.52. The Bertz CT molecular complexity index is 545. The monoisotopic (exact) mass is 236 g/mol. The van der Waals surface area contributed by atoms with Crippen molar-refractivity contribution < 1.29 is 0 Å². The van der Waals surface area contributed by atoms with Crippen LogP contribution in [0.25, 0.3) is 5.69 Å². The fourth-order valence-corrected chi connectivity index (χ4v) is 1.69. The van der Waals surface area contributed by atoms with Gasteiger partial charge in [0.15, 0.2) is 0 Å². The first-order valence-corrected chi connectivity index (χ1v) is 5.25. The van der Waals surface area contributed by atoms with Crippen LogP contribution in [-0.2, 0) is 0 Å². The summed E-state index contributed by atoms with van der Waals surface area (Å²) in [6.45, 7) is 3.78.